The Morgan fingerprint density at radius 1 is 1.14 bits per heavy atom. The second kappa shape index (κ2) is 10.7. The molecule has 9 heteroatoms. The third-order valence-corrected chi connectivity index (χ3v) is 5.30. The smallest absolute Gasteiger partial charge is 0.270 e. The first kappa shape index (κ1) is 21.8. The molecule has 0 aliphatic heterocycles. The molecule has 0 aromatic heterocycles. The third-order valence-electron chi connectivity index (χ3n) is 3.91. The normalized spacial score (nSPS) is 11.5. The van der Waals surface area contributed by atoms with Gasteiger partial charge in [0.15, 0.2) is 0 Å². The Hall–Kier alpha value is -2.52. The van der Waals surface area contributed by atoms with E-state index in [4.69, 9.17) is 0 Å². The predicted molar refractivity (Wildman–Crippen MR) is 114 cm³/mol. The van der Waals surface area contributed by atoms with Crippen molar-refractivity contribution in [2.24, 2.45) is 0 Å². The number of benzene rings is 2. The van der Waals surface area contributed by atoms with E-state index in [0.717, 1.165) is 4.90 Å². The molecular weight excluding hydrogens is 398 g/mol. The molecule has 0 heterocycles. The van der Waals surface area contributed by atoms with Gasteiger partial charge in [-0.3, -0.25) is 19.7 Å². The van der Waals surface area contributed by atoms with Crippen LogP contribution in [0.25, 0.3) is 0 Å². The number of nitro groups is 1. The maximum absolute atomic E-state index is 12.7. The van der Waals surface area contributed by atoms with E-state index in [1.807, 2.05) is 24.6 Å². The van der Waals surface area contributed by atoms with Gasteiger partial charge in [-0.05, 0) is 55.0 Å². The van der Waals surface area contributed by atoms with Crippen molar-refractivity contribution in [2.45, 2.75) is 17.4 Å². The van der Waals surface area contributed by atoms with Gasteiger partial charge < -0.3 is 10.6 Å². The van der Waals surface area contributed by atoms with Gasteiger partial charge in [0.25, 0.3) is 11.6 Å². The molecule has 7 nitrogen and oxygen atoms in total. The van der Waals surface area contributed by atoms with E-state index >= 15 is 0 Å². The number of thioether (sulfide) groups is 2. The number of hydrogen-bond acceptors (Lipinski definition) is 6. The summed E-state index contributed by atoms with van der Waals surface area (Å²) in [7, 11) is 0. The molecule has 0 radical (unpaired) electrons. The summed E-state index contributed by atoms with van der Waals surface area (Å²) in [5, 5.41) is 16.4. The summed E-state index contributed by atoms with van der Waals surface area (Å²) in [4.78, 5) is 36.6. The summed E-state index contributed by atoms with van der Waals surface area (Å²) < 4.78 is 0. The van der Waals surface area contributed by atoms with E-state index < -0.39 is 16.9 Å². The first-order valence-corrected chi connectivity index (χ1v) is 11.1. The molecular formula is C19H21N3O4S2. The van der Waals surface area contributed by atoms with Crippen LogP contribution in [0.5, 0.6) is 0 Å². The Morgan fingerprint density at radius 3 is 2.46 bits per heavy atom. The molecule has 1 atom stereocenters. The Balaban J connectivity index is 2.10. The molecule has 2 rings (SSSR count). The lowest BCUT2D eigenvalue weighted by Crippen LogP contribution is -2.44. The molecule has 0 spiro atoms. The van der Waals surface area contributed by atoms with E-state index in [1.165, 1.54) is 24.3 Å². The molecule has 28 heavy (non-hydrogen) atoms. The minimum Gasteiger partial charge on any atom is -0.340 e. The summed E-state index contributed by atoms with van der Waals surface area (Å²) in [6.45, 7) is 0. The average molecular weight is 420 g/mol. The van der Waals surface area contributed by atoms with E-state index in [9.17, 15) is 19.7 Å². The molecule has 0 bridgehead atoms. The topological polar surface area (TPSA) is 101 Å². The summed E-state index contributed by atoms with van der Waals surface area (Å²) in [5.74, 6) is -0.175. The minimum atomic E-state index is -0.751. The highest BCUT2D eigenvalue weighted by Crippen LogP contribution is 2.18. The molecule has 0 saturated carbocycles. The fourth-order valence-corrected chi connectivity index (χ4v) is 3.29. The number of hydrogen-bond donors (Lipinski definition) is 2. The van der Waals surface area contributed by atoms with Crippen LogP contribution in [0, 0.1) is 10.1 Å². The Bertz CT molecular complexity index is 843. The number of nitrogens with zero attached hydrogens (tertiary/aromatic N) is 1. The average Bonchev–Trinajstić information content (AvgIpc) is 2.71. The standard InChI is InChI=1S/C19H21N3O4S2/c1-27-11-10-17(19(24)20-14-6-8-16(28-2)9-7-14)21-18(23)13-4-3-5-15(12-13)22(25)26/h3-9,12,17H,10-11H2,1-2H3,(H,20,24)(H,21,23)/t17-/m1/s1. The number of nitrogens with one attached hydrogen (secondary N) is 2. The van der Waals surface area contributed by atoms with Gasteiger partial charge in [-0.15, -0.1) is 11.8 Å². The molecule has 2 N–H and O–H groups in total. The first-order valence-electron chi connectivity index (χ1n) is 8.43. The van der Waals surface area contributed by atoms with Crippen molar-refractivity contribution in [2.75, 3.05) is 23.6 Å². The Labute approximate surface area is 171 Å². The van der Waals surface area contributed by atoms with Crippen molar-refractivity contribution in [3.8, 4) is 0 Å². The highest BCUT2D eigenvalue weighted by molar-refractivity contribution is 7.98. The lowest BCUT2D eigenvalue weighted by Gasteiger charge is -2.18. The maximum atomic E-state index is 12.7. The van der Waals surface area contributed by atoms with Gasteiger partial charge in [0.2, 0.25) is 5.91 Å². The molecule has 2 amide bonds. The van der Waals surface area contributed by atoms with Crippen molar-refractivity contribution in [1.29, 1.82) is 0 Å². The number of carbonyl (C=O) groups is 2. The van der Waals surface area contributed by atoms with Gasteiger partial charge in [-0.1, -0.05) is 6.07 Å². The Morgan fingerprint density at radius 2 is 1.86 bits per heavy atom. The zero-order chi connectivity index (χ0) is 20.5. The number of carbonyl (C=O) groups excluding carboxylic acids is 2. The van der Waals surface area contributed by atoms with Crippen molar-refractivity contribution in [3.05, 3.63) is 64.2 Å². The quantitative estimate of drug-likeness (QED) is 0.364. The van der Waals surface area contributed by atoms with E-state index in [-0.39, 0.29) is 17.2 Å². The maximum Gasteiger partial charge on any atom is 0.270 e. The molecule has 2 aromatic carbocycles. The second-order valence-corrected chi connectivity index (χ2v) is 7.70. The van der Waals surface area contributed by atoms with Gasteiger partial charge in [0, 0.05) is 28.3 Å². The van der Waals surface area contributed by atoms with Gasteiger partial charge in [-0.25, -0.2) is 0 Å². The molecule has 2 aromatic rings. The number of nitro benzene ring substituents is 1. The largest absolute Gasteiger partial charge is 0.340 e. The van der Waals surface area contributed by atoms with Crippen LogP contribution in [0.3, 0.4) is 0 Å². The Kier molecular flexibility index (Phi) is 8.34. The SMILES string of the molecule is CSCC[C@@H](NC(=O)c1cccc([N+](=O)[O-])c1)C(=O)Nc1ccc(SC)cc1. The molecule has 0 saturated heterocycles. The first-order chi connectivity index (χ1) is 13.4. The number of rotatable bonds is 9. The van der Waals surface area contributed by atoms with E-state index in [2.05, 4.69) is 10.6 Å². The highest BCUT2D eigenvalue weighted by atomic mass is 32.2. The lowest BCUT2D eigenvalue weighted by atomic mass is 10.1. The van der Waals surface area contributed by atoms with E-state index in [0.29, 0.717) is 17.9 Å². The fraction of sp³-hybridized carbons (Fsp3) is 0.263. The fourth-order valence-electron chi connectivity index (χ4n) is 2.41. The minimum absolute atomic E-state index is 0.139. The highest BCUT2D eigenvalue weighted by Gasteiger charge is 2.22. The third kappa shape index (κ3) is 6.28. The van der Waals surface area contributed by atoms with Crippen molar-refractivity contribution >= 4 is 46.7 Å². The van der Waals surface area contributed by atoms with Crippen LogP contribution in [0.15, 0.2) is 53.4 Å². The second-order valence-electron chi connectivity index (χ2n) is 5.83. The van der Waals surface area contributed by atoms with Gasteiger partial charge in [0.1, 0.15) is 6.04 Å². The molecule has 0 unspecified atom stereocenters. The monoisotopic (exact) mass is 419 g/mol. The predicted octanol–water partition coefficient (Wildman–Crippen LogP) is 3.81. The van der Waals surface area contributed by atoms with Crippen LogP contribution in [-0.2, 0) is 4.79 Å². The van der Waals surface area contributed by atoms with Crippen LogP contribution >= 0.6 is 23.5 Å². The molecule has 148 valence electrons. The van der Waals surface area contributed by atoms with Crippen LogP contribution in [-0.4, -0.2) is 41.0 Å². The van der Waals surface area contributed by atoms with Crippen LogP contribution < -0.4 is 10.6 Å². The number of non-ortho nitro benzene ring substituents is 1. The summed E-state index contributed by atoms with van der Waals surface area (Å²) in [6.07, 6.45) is 4.32. The van der Waals surface area contributed by atoms with Gasteiger partial charge in [0.05, 0.1) is 4.92 Å². The van der Waals surface area contributed by atoms with Crippen molar-refractivity contribution < 1.29 is 14.5 Å². The zero-order valence-corrected chi connectivity index (χ0v) is 17.1. The van der Waals surface area contributed by atoms with Crippen LogP contribution in [0.1, 0.15) is 16.8 Å². The summed E-state index contributed by atoms with van der Waals surface area (Å²) in [5.41, 5.74) is 0.605. The summed E-state index contributed by atoms with van der Waals surface area (Å²) >= 11 is 3.17. The van der Waals surface area contributed by atoms with E-state index in [1.54, 1.807) is 35.7 Å². The molecule has 0 aliphatic carbocycles. The number of anilines is 1. The molecule has 0 fully saturated rings. The molecule has 0 aliphatic rings. The van der Waals surface area contributed by atoms with Crippen molar-refractivity contribution in [1.82, 2.24) is 5.32 Å². The van der Waals surface area contributed by atoms with Gasteiger partial charge >= 0.3 is 0 Å². The van der Waals surface area contributed by atoms with Crippen LogP contribution in [0.4, 0.5) is 11.4 Å². The summed E-state index contributed by atoms with van der Waals surface area (Å²) in [6, 6.07) is 12.1. The van der Waals surface area contributed by atoms with Crippen molar-refractivity contribution in [3.63, 3.8) is 0 Å². The zero-order valence-electron chi connectivity index (χ0n) is 15.5. The van der Waals surface area contributed by atoms with Crippen LogP contribution in [0.2, 0.25) is 0 Å². The number of amides is 2. The lowest BCUT2D eigenvalue weighted by molar-refractivity contribution is -0.384. The van der Waals surface area contributed by atoms with Gasteiger partial charge in [-0.2, -0.15) is 11.8 Å².